The molecule has 0 aromatic heterocycles. The molecule has 0 aliphatic rings. The molecule has 0 rings (SSSR count). The maximum atomic E-state index is 12.9. The third kappa shape index (κ3) is 66.4. The maximum absolute atomic E-state index is 12.9. The van der Waals surface area contributed by atoms with Gasteiger partial charge in [0.15, 0.2) is 6.10 Å². The first-order chi connectivity index (χ1) is 39.5. The van der Waals surface area contributed by atoms with Crippen LogP contribution in [0.15, 0.2) is 36.5 Å². The largest absolute Gasteiger partial charge is 0.462 e. The number of carbonyl (C=O) groups excluding carboxylic acids is 3. The average molecular weight is 1120 g/mol. The van der Waals surface area contributed by atoms with E-state index in [1.54, 1.807) is 0 Å². The zero-order valence-electron chi connectivity index (χ0n) is 54.1. The summed E-state index contributed by atoms with van der Waals surface area (Å²) in [4.78, 5) is 38.4. The van der Waals surface area contributed by atoms with Gasteiger partial charge in [-0.05, 0) is 57.8 Å². The quantitative estimate of drug-likeness (QED) is 0.0261. The highest BCUT2D eigenvalue weighted by molar-refractivity contribution is 5.71. The fourth-order valence-electron chi connectivity index (χ4n) is 11.0. The van der Waals surface area contributed by atoms with Gasteiger partial charge in [-0.3, -0.25) is 14.4 Å². The molecule has 0 fully saturated rings. The van der Waals surface area contributed by atoms with Gasteiger partial charge in [0.05, 0.1) is 0 Å². The van der Waals surface area contributed by atoms with Gasteiger partial charge in [0.1, 0.15) is 13.2 Å². The molecule has 1 unspecified atom stereocenters. The lowest BCUT2D eigenvalue weighted by Crippen LogP contribution is -2.30. The Hall–Kier alpha value is -2.37. The lowest BCUT2D eigenvalue weighted by Gasteiger charge is -2.18. The molecule has 0 bridgehead atoms. The van der Waals surface area contributed by atoms with Gasteiger partial charge in [0.25, 0.3) is 0 Å². The first kappa shape index (κ1) is 77.6. The van der Waals surface area contributed by atoms with E-state index in [1.807, 2.05) is 0 Å². The van der Waals surface area contributed by atoms with Crippen molar-refractivity contribution in [1.82, 2.24) is 0 Å². The first-order valence-corrected chi connectivity index (χ1v) is 36.0. The third-order valence-electron chi connectivity index (χ3n) is 16.4. The van der Waals surface area contributed by atoms with Crippen molar-refractivity contribution in [3.63, 3.8) is 0 Å². The molecule has 0 aliphatic carbocycles. The monoisotopic (exact) mass is 1120 g/mol. The van der Waals surface area contributed by atoms with Crippen LogP contribution in [0.1, 0.15) is 400 Å². The zero-order chi connectivity index (χ0) is 57.8. The van der Waals surface area contributed by atoms with E-state index < -0.39 is 6.10 Å². The van der Waals surface area contributed by atoms with Gasteiger partial charge >= 0.3 is 17.9 Å². The van der Waals surface area contributed by atoms with Gasteiger partial charge in [0, 0.05) is 19.3 Å². The predicted octanol–water partition coefficient (Wildman–Crippen LogP) is 24.7. The van der Waals surface area contributed by atoms with Crippen LogP contribution in [-0.4, -0.2) is 37.2 Å². The zero-order valence-corrected chi connectivity index (χ0v) is 54.1. The summed E-state index contributed by atoms with van der Waals surface area (Å²) in [5, 5.41) is 0. The summed E-state index contributed by atoms with van der Waals surface area (Å²) in [6.45, 7) is 6.71. The van der Waals surface area contributed by atoms with E-state index in [-0.39, 0.29) is 31.1 Å². The summed E-state index contributed by atoms with van der Waals surface area (Å²) < 4.78 is 17.0. The van der Waals surface area contributed by atoms with Gasteiger partial charge in [-0.15, -0.1) is 0 Å². The fraction of sp³-hybridized carbons (Fsp3) is 0.878. The molecule has 0 heterocycles. The van der Waals surface area contributed by atoms with Gasteiger partial charge in [-0.2, -0.15) is 0 Å². The molecule has 0 saturated heterocycles. The molecule has 0 saturated carbocycles. The Balaban J connectivity index is 4.21. The van der Waals surface area contributed by atoms with E-state index in [4.69, 9.17) is 14.2 Å². The van der Waals surface area contributed by atoms with Crippen molar-refractivity contribution in [1.29, 1.82) is 0 Å². The molecule has 80 heavy (non-hydrogen) atoms. The maximum Gasteiger partial charge on any atom is 0.306 e. The van der Waals surface area contributed by atoms with Crippen LogP contribution in [0, 0.1) is 0 Å². The van der Waals surface area contributed by atoms with Gasteiger partial charge in [-0.25, -0.2) is 0 Å². The van der Waals surface area contributed by atoms with Crippen molar-refractivity contribution in [2.24, 2.45) is 0 Å². The van der Waals surface area contributed by atoms with Crippen molar-refractivity contribution < 1.29 is 28.6 Å². The average Bonchev–Trinajstić information content (AvgIpc) is 3.46. The highest BCUT2D eigenvalue weighted by atomic mass is 16.6. The van der Waals surface area contributed by atoms with Crippen molar-refractivity contribution in [2.45, 2.75) is 406 Å². The Labute approximate surface area is 499 Å². The summed E-state index contributed by atoms with van der Waals surface area (Å²) in [6, 6.07) is 0. The van der Waals surface area contributed by atoms with E-state index >= 15 is 0 Å². The van der Waals surface area contributed by atoms with Crippen molar-refractivity contribution >= 4 is 17.9 Å². The summed E-state index contributed by atoms with van der Waals surface area (Å²) in [6.07, 6.45) is 86.0. The number of hydrogen-bond acceptors (Lipinski definition) is 6. The number of unbranched alkanes of at least 4 members (excludes halogenated alkanes) is 50. The minimum atomic E-state index is -0.768. The summed E-state index contributed by atoms with van der Waals surface area (Å²) in [5.74, 6) is -0.833. The molecule has 6 heteroatoms. The summed E-state index contributed by atoms with van der Waals surface area (Å²) >= 11 is 0. The molecule has 0 amide bonds. The number of hydrogen-bond donors (Lipinski definition) is 0. The lowest BCUT2D eigenvalue weighted by molar-refractivity contribution is -0.167. The number of allylic oxidation sites excluding steroid dienone is 6. The van der Waals surface area contributed by atoms with Gasteiger partial charge in [-0.1, -0.05) is 359 Å². The van der Waals surface area contributed by atoms with E-state index in [9.17, 15) is 14.4 Å². The fourth-order valence-corrected chi connectivity index (χ4v) is 11.0. The Morgan fingerprint density at radius 2 is 0.450 bits per heavy atom. The number of carbonyl (C=O) groups is 3. The Kier molecular flexibility index (Phi) is 67.1. The topological polar surface area (TPSA) is 78.9 Å². The standard InChI is InChI=1S/C74H138O6/c1-4-7-10-13-16-19-22-25-28-30-32-33-34-35-36-37-38-39-40-41-43-44-46-49-52-55-58-61-64-67-73(76)79-70-71(69-78-72(75)66-63-60-57-54-51-48-27-24-21-18-15-12-9-6-3)80-74(77)68-65-62-59-56-53-50-47-45-42-31-29-26-23-20-17-14-11-8-5-2/h22,25,30,32,34-35,71H,4-21,23-24,26-29,31,33,36-70H2,1-3H3/b25-22-,32-30-,35-34-. The van der Waals surface area contributed by atoms with Gasteiger partial charge < -0.3 is 14.2 Å². The second-order valence-electron chi connectivity index (χ2n) is 24.5. The highest BCUT2D eigenvalue weighted by Gasteiger charge is 2.19. The van der Waals surface area contributed by atoms with E-state index in [2.05, 4.69) is 57.2 Å². The molecule has 1 atom stereocenters. The first-order valence-electron chi connectivity index (χ1n) is 36.0. The van der Waals surface area contributed by atoms with Crippen LogP contribution >= 0.6 is 0 Å². The molecular weight excluding hydrogens is 985 g/mol. The summed E-state index contributed by atoms with van der Waals surface area (Å²) in [5.41, 5.74) is 0. The van der Waals surface area contributed by atoms with Gasteiger partial charge in [0.2, 0.25) is 0 Å². The lowest BCUT2D eigenvalue weighted by atomic mass is 10.0. The van der Waals surface area contributed by atoms with Crippen molar-refractivity contribution in [3.05, 3.63) is 36.5 Å². The smallest absolute Gasteiger partial charge is 0.306 e. The van der Waals surface area contributed by atoms with Crippen LogP contribution in [0.25, 0.3) is 0 Å². The molecule has 0 aliphatic heterocycles. The van der Waals surface area contributed by atoms with E-state index in [0.29, 0.717) is 19.3 Å². The predicted molar refractivity (Wildman–Crippen MR) is 349 cm³/mol. The van der Waals surface area contributed by atoms with Crippen LogP contribution in [0.2, 0.25) is 0 Å². The van der Waals surface area contributed by atoms with E-state index in [0.717, 1.165) is 70.6 Å². The highest BCUT2D eigenvalue weighted by Crippen LogP contribution is 2.19. The molecule has 0 aromatic rings. The van der Waals surface area contributed by atoms with Crippen LogP contribution in [0.3, 0.4) is 0 Å². The van der Waals surface area contributed by atoms with Crippen LogP contribution < -0.4 is 0 Å². The number of rotatable bonds is 67. The minimum Gasteiger partial charge on any atom is -0.462 e. The molecule has 6 nitrogen and oxygen atoms in total. The molecule has 0 radical (unpaired) electrons. The third-order valence-corrected chi connectivity index (χ3v) is 16.4. The minimum absolute atomic E-state index is 0.0650. The van der Waals surface area contributed by atoms with Crippen LogP contribution in [0.5, 0.6) is 0 Å². The van der Waals surface area contributed by atoms with Crippen LogP contribution in [0.4, 0.5) is 0 Å². The molecule has 0 spiro atoms. The normalized spacial score (nSPS) is 12.2. The second kappa shape index (κ2) is 69.1. The van der Waals surface area contributed by atoms with E-state index in [1.165, 1.54) is 289 Å². The Bertz CT molecular complexity index is 1340. The molecular formula is C74H138O6. The molecule has 0 N–H and O–H groups in total. The Morgan fingerprint density at radius 3 is 0.700 bits per heavy atom. The Morgan fingerprint density at radius 1 is 0.250 bits per heavy atom. The second-order valence-corrected chi connectivity index (χ2v) is 24.5. The SMILES string of the molecule is CCCCCCC/C=C\C/C=C\C/C=C\CCCCCCCCCCCCCCCCC(=O)OCC(COC(=O)CCCCCCCCCCCCCCCC)OC(=O)CCCCCCCCCCCCCCCCCCCCC. The molecule has 0 aromatic carbocycles. The van der Waals surface area contributed by atoms with Crippen molar-refractivity contribution in [2.75, 3.05) is 13.2 Å². The van der Waals surface area contributed by atoms with Crippen LogP contribution in [-0.2, 0) is 28.6 Å². The number of esters is 3. The number of ether oxygens (including phenoxy) is 3. The summed E-state index contributed by atoms with van der Waals surface area (Å²) in [7, 11) is 0. The van der Waals surface area contributed by atoms with Crippen molar-refractivity contribution in [3.8, 4) is 0 Å². The molecule has 470 valence electrons.